The van der Waals surface area contributed by atoms with Crippen LogP contribution in [-0.4, -0.2) is 75.4 Å². The molecule has 0 bridgehead atoms. The number of hydrogen-bond acceptors (Lipinski definition) is 5. The van der Waals surface area contributed by atoms with E-state index in [0.29, 0.717) is 18.7 Å². The van der Waals surface area contributed by atoms with Crippen molar-refractivity contribution in [2.24, 2.45) is 0 Å². The van der Waals surface area contributed by atoms with Crippen LogP contribution in [0.3, 0.4) is 0 Å². The van der Waals surface area contributed by atoms with Gasteiger partial charge in [-0.2, -0.15) is 0 Å². The van der Waals surface area contributed by atoms with Crippen molar-refractivity contribution < 1.29 is 14.6 Å². The molecule has 1 aliphatic heterocycles. The summed E-state index contributed by atoms with van der Waals surface area (Å²) in [7, 11) is 1.63. The molecule has 7 nitrogen and oxygen atoms in total. The van der Waals surface area contributed by atoms with Crippen molar-refractivity contribution in [1.29, 1.82) is 0 Å². The number of carbonyl (C=O) groups is 1. The van der Waals surface area contributed by atoms with Gasteiger partial charge in [0.25, 0.3) is 5.91 Å². The number of imidazole rings is 1. The lowest BCUT2D eigenvalue weighted by molar-refractivity contribution is -0.0893. The minimum atomic E-state index is -1.02. The van der Waals surface area contributed by atoms with Crippen LogP contribution in [0.15, 0.2) is 103 Å². The van der Waals surface area contributed by atoms with Gasteiger partial charge < -0.3 is 19.3 Å². The van der Waals surface area contributed by atoms with Gasteiger partial charge in [0.1, 0.15) is 5.60 Å². The molecule has 6 rings (SSSR count). The maximum absolute atomic E-state index is 14.6. The number of piperazine rings is 1. The topological polar surface area (TPSA) is 70.8 Å². The molecule has 1 saturated carbocycles. The van der Waals surface area contributed by atoms with E-state index in [9.17, 15) is 9.90 Å². The van der Waals surface area contributed by atoms with Crippen LogP contribution in [0.1, 0.15) is 59.8 Å². The highest BCUT2D eigenvalue weighted by Crippen LogP contribution is 2.41. The molecule has 234 valence electrons. The number of ether oxygens (including phenoxy) is 1. The third-order valence-electron chi connectivity index (χ3n) is 9.33. The van der Waals surface area contributed by atoms with Gasteiger partial charge in [-0.05, 0) is 30.4 Å². The monoisotopic (exact) mass is 604 g/mol. The smallest absolute Gasteiger partial charge is 0.275 e. The van der Waals surface area contributed by atoms with Crippen LogP contribution in [-0.2, 0) is 11.3 Å². The highest BCUT2D eigenvalue weighted by atomic mass is 16.5. The minimum absolute atomic E-state index is 0.0104. The number of hydrogen-bond donors (Lipinski definition) is 1. The number of benzene rings is 3. The summed E-state index contributed by atoms with van der Waals surface area (Å²) in [6.45, 7) is 3.28. The molecule has 1 amide bonds. The highest BCUT2D eigenvalue weighted by molar-refractivity contribution is 5.98. The summed E-state index contributed by atoms with van der Waals surface area (Å²) in [6, 6.07) is 30.6. The average Bonchev–Trinajstić information content (AvgIpc) is 3.51. The van der Waals surface area contributed by atoms with Gasteiger partial charge in [-0.3, -0.25) is 9.69 Å². The van der Waals surface area contributed by atoms with Crippen LogP contribution in [0.4, 0.5) is 0 Å². The fraction of sp³-hybridized carbons (Fsp3) is 0.368. The Morgan fingerprint density at radius 1 is 0.978 bits per heavy atom. The van der Waals surface area contributed by atoms with Gasteiger partial charge in [0.05, 0.1) is 24.7 Å². The summed E-state index contributed by atoms with van der Waals surface area (Å²) in [6.07, 6.45) is 10.2. The van der Waals surface area contributed by atoms with E-state index in [1.807, 2.05) is 59.5 Å². The van der Waals surface area contributed by atoms with Crippen LogP contribution in [0.5, 0.6) is 0 Å². The molecule has 1 aliphatic carbocycles. The summed E-state index contributed by atoms with van der Waals surface area (Å²) in [5.41, 5.74) is 3.54. The second-order valence-electron chi connectivity index (χ2n) is 12.4. The van der Waals surface area contributed by atoms with E-state index in [1.165, 1.54) is 5.56 Å². The minimum Gasteiger partial charge on any atom is -0.385 e. The lowest BCUT2D eigenvalue weighted by Gasteiger charge is -2.42. The molecule has 0 spiro atoms. The quantitative estimate of drug-likeness (QED) is 0.225. The zero-order valence-electron chi connectivity index (χ0n) is 26.2. The van der Waals surface area contributed by atoms with Gasteiger partial charge >= 0.3 is 0 Å². The molecule has 1 saturated heterocycles. The van der Waals surface area contributed by atoms with Crippen molar-refractivity contribution in [2.75, 3.05) is 33.4 Å². The van der Waals surface area contributed by atoms with E-state index in [2.05, 4.69) is 58.0 Å². The van der Waals surface area contributed by atoms with Crippen molar-refractivity contribution in [3.8, 4) is 11.3 Å². The second kappa shape index (κ2) is 14.4. The Balaban J connectivity index is 1.32. The summed E-state index contributed by atoms with van der Waals surface area (Å²) >= 11 is 0. The number of methoxy groups -OCH3 is 1. The predicted octanol–water partition coefficient (Wildman–Crippen LogP) is 6.47. The van der Waals surface area contributed by atoms with E-state index in [4.69, 9.17) is 9.72 Å². The first-order valence-corrected chi connectivity index (χ1v) is 16.2. The summed E-state index contributed by atoms with van der Waals surface area (Å²) in [5, 5.41) is 11.8. The fourth-order valence-corrected chi connectivity index (χ4v) is 7.09. The van der Waals surface area contributed by atoms with E-state index in [-0.39, 0.29) is 24.6 Å². The second-order valence-corrected chi connectivity index (χ2v) is 12.4. The number of rotatable bonds is 10. The third-order valence-corrected chi connectivity index (χ3v) is 9.33. The lowest BCUT2D eigenvalue weighted by Crippen LogP contribution is -2.54. The number of amides is 1. The molecule has 2 fully saturated rings. The van der Waals surface area contributed by atoms with Crippen molar-refractivity contribution >= 4 is 12.0 Å². The molecule has 3 aromatic carbocycles. The molecule has 7 heteroatoms. The first-order valence-electron chi connectivity index (χ1n) is 16.2. The Hall–Kier alpha value is -4.04. The lowest BCUT2D eigenvalue weighted by atomic mass is 9.80. The normalized spacial score (nSPS) is 22.6. The molecule has 3 atom stereocenters. The number of aliphatic hydroxyl groups is 1. The maximum atomic E-state index is 14.6. The molecule has 1 aromatic heterocycles. The van der Waals surface area contributed by atoms with E-state index < -0.39 is 5.60 Å². The summed E-state index contributed by atoms with van der Waals surface area (Å²) in [5.74, 6) is -0.0591. The van der Waals surface area contributed by atoms with E-state index >= 15 is 0 Å². The third kappa shape index (κ3) is 7.12. The average molecular weight is 605 g/mol. The number of carbonyl (C=O) groups excluding carboxylic acids is 1. The Labute approximate surface area is 266 Å². The Bertz CT molecular complexity index is 1550. The van der Waals surface area contributed by atoms with Crippen molar-refractivity contribution in [3.63, 3.8) is 0 Å². The van der Waals surface area contributed by atoms with Gasteiger partial charge in [0.2, 0.25) is 0 Å². The van der Waals surface area contributed by atoms with Crippen LogP contribution >= 0.6 is 0 Å². The van der Waals surface area contributed by atoms with Crippen LogP contribution in [0.25, 0.3) is 17.3 Å². The van der Waals surface area contributed by atoms with E-state index in [0.717, 1.165) is 62.1 Å². The van der Waals surface area contributed by atoms with Gasteiger partial charge in [-0.25, -0.2) is 4.98 Å². The largest absolute Gasteiger partial charge is 0.385 e. The Kier molecular flexibility index (Phi) is 9.89. The molecule has 2 heterocycles. The van der Waals surface area contributed by atoms with Gasteiger partial charge in [-0.15, -0.1) is 0 Å². The molecule has 1 N–H and O–H groups in total. The molecule has 0 unspecified atom stereocenters. The Morgan fingerprint density at radius 3 is 2.42 bits per heavy atom. The van der Waals surface area contributed by atoms with Gasteiger partial charge in [0.15, 0.2) is 5.69 Å². The van der Waals surface area contributed by atoms with Gasteiger partial charge in [0, 0.05) is 44.9 Å². The number of aromatic nitrogens is 2. The summed E-state index contributed by atoms with van der Waals surface area (Å²) < 4.78 is 7.55. The highest BCUT2D eigenvalue weighted by Gasteiger charge is 2.42. The van der Waals surface area contributed by atoms with Gasteiger partial charge in [-0.1, -0.05) is 116 Å². The SMILES string of the molecule is COC[C@]1(O)CCCC[C@H]1n1cnc(C(=O)N2CCN(Cc3ccccc3)C[C@H]2CC=Cc2ccccc2)c1-c1ccccc1. The van der Waals surface area contributed by atoms with Crippen LogP contribution in [0.2, 0.25) is 0 Å². The maximum Gasteiger partial charge on any atom is 0.275 e. The zero-order valence-corrected chi connectivity index (χ0v) is 26.2. The van der Waals surface area contributed by atoms with Crippen molar-refractivity contribution in [1.82, 2.24) is 19.4 Å². The molecular formula is C38H44N4O3. The number of nitrogens with zero attached hydrogens (tertiary/aromatic N) is 4. The zero-order chi connectivity index (χ0) is 31.1. The van der Waals surface area contributed by atoms with Crippen LogP contribution < -0.4 is 0 Å². The molecule has 4 aromatic rings. The predicted molar refractivity (Wildman–Crippen MR) is 179 cm³/mol. The van der Waals surface area contributed by atoms with E-state index in [1.54, 1.807) is 13.4 Å². The molecule has 2 aliphatic rings. The molecular weight excluding hydrogens is 560 g/mol. The first kappa shape index (κ1) is 31.0. The summed E-state index contributed by atoms with van der Waals surface area (Å²) in [4.78, 5) is 23.9. The van der Waals surface area contributed by atoms with Crippen molar-refractivity contribution in [2.45, 2.75) is 56.3 Å². The molecule has 45 heavy (non-hydrogen) atoms. The standard InChI is InChI=1S/C38H44N4O3/c1-45-28-38(44)23-12-11-22-34(38)42-29-39-35(36(42)32-19-9-4-10-20-32)37(43)41-25-24-40(26-31-16-7-3-8-17-31)27-33(41)21-13-18-30-14-5-2-6-15-30/h2-10,13-20,29,33-34,44H,11-12,21-28H2,1H3/t33-,34-,38-/m1/s1. The van der Waals surface area contributed by atoms with Crippen molar-refractivity contribution in [3.05, 3.63) is 120 Å². The molecule has 0 radical (unpaired) electrons. The first-order chi connectivity index (χ1) is 22.1. The Morgan fingerprint density at radius 2 is 1.69 bits per heavy atom. The fourth-order valence-electron chi connectivity index (χ4n) is 7.09. The van der Waals surface area contributed by atoms with Crippen LogP contribution in [0, 0.1) is 0 Å².